The van der Waals surface area contributed by atoms with E-state index < -0.39 is 0 Å². The second kappa shape index (κ2) is 9.98. The van der Waals surface area contributed by atoms with Gasteiger partial charge in [-0.3, -0.25) is 9.59 Å². The molecule has 0 unspecified atom stereocenters. The molecule has 0 aliphatic carbocycles. The van der Waals surface area contributed by atoms with Gasteiger partial charge in [0.05, 0.1) is 5.02 Å². The molecule has 2 aromatic carbocycles. The Hall–Kier alpha value is -2.83. The molecule has 160 valence electrons. The Morgan fingerprint density at radius 3 is 2.74 bits per heavy atom. The Balaban J connectivity index is 1.20. The minimum atomic E-state index is -0.283. The van der Waals surface area contributed by atoms with Gasteiger partial charge in [-0.2, -0.15) is 0 Å². The first-order valence-corrected chi connectivity index (χ1v) is 11.4. The van der Waals surface area contributed by atoms with Gasteiger partial charge in [0.15, 0.2) is 6.61 Å². The Morgan fingerprint density at radius 2 is 1.94 bits per heavy atom. The summed E-state index contributed by atoms with van der Waals surface area (Å²) in [4.78, 5) is 27.7. The van der Waals surface area contributed by atoms with Crippen LogP contribution >= 0.6 is 22.9 Å². The molecule has 0 saturated heterocycles. The van der Waals surface area contributed by atoms with E-state index in [4.69, 9.17) is 16.3 Å². The molecular weight excluding hydrogens is 432 g/mol. The van der Waals surface area contributed by atoms with Gasteiger partial charge in [-0.25, -0.2) is 0 Å². The molecule has 0 atom stereocenters. The summed E-state index contributed by atoms with van der Waals surface area (Å²) in [6.45, 7) is 1.53. The number of halogens is 1. The number of carbonyl (C=O) groups is 2. The second-order valence-corrected chi connectivity index (χ2v) is 8.74. The van der Waals surface area contributed by atoms with Crippen molar-refractivity contribution in [2.24, 2.45) is 0 Å². The SMILES string of the molecule is O=C(COc1ccc(-c2ccccc2)cc1Cl)NCCC(=O)N1CCc2sccc2C1. The summed E-state index contributed by atoms with van der Waals surface area (Å²) < 4.78 is 5.56. The van der Waals surface area contributed by atoms with Gasteiger partial charge >= 0.3 is 0 Å². The van der Waals surface area contributed by atoms with Crippen molar-refractivity contribution in [3.63, 3.8) is 0 Å². The van der Waals surface area contributed by atoms with Crippen molar-refractivity contribution in [1.82, 2.24) is 10.2 Å². The monoisotopic (exact) mass is 454 g/mol. The van der Waals surface area contributed by atoms with Crippen LogP contribution in [0.4, 0.5) is 0 Å². The number of thiophene rings is 1. The number of rotatable bonds is 7. The minimum absolute atomic E-state index is 0.0533. The van der Waals surface area contributed by atoms with E-state index in [1.54, 1.807) is 17.4 Å². The molecule has 3 aromatic rings. The van der Waals surface area contributed by atoms with Crippen molar-refractivity contribution in [2.45, 2.75) is 19.4 Å². The molecule has 2 heterocycles. The highest BCUT2D eigenvalue weighted by Gasteiger charge is 2.21. The van der Waals surface area contributed by atoms with Gasteiger partial charge in [-0.05, 0) is 46.7 Å². The fraction of sp³-hybridized carbons (Fsp3) is 0.250. The Kier molecular flexibility index (Phi) is 6.89. The topological polar surface area (TPSA) is 58.6 Å². The van der Waals surface area contributed by atoms with Gasteiger partial charge in [-0.15, -0.1) is 11.3 Å². The summed E-state index contributed by atoms with van der Waals surface area (Å²) in [5.41, 5.74) is 3.27. The molecule has 7 heteroatoms. The van der Waals surface area contributed by atoms with E-state index in [9.17, 15) is 9.59 Å². The third-order valence-corrected chi connectivity index (χ3v) is 6.54. The van der Waals surface area contributed by atoms with Crippen molar-refractivity contribution >= 4 is 34.8 Å². The first kappa shape index (κ1) is 21.4. The number of carbonyl (C=O) groups excluding carboxylic acids is 2. The largest absolute Gasteiger partial charge is 0.482 e. The van der Waals surface area contributed by atoms with Crippen LogP contribution in [0.2, 0.25) is 5.02 Å². The predicted molar refractivity (Wildman–Crippen MR) is 123 cm³/mol. The maximum atomic E-state index is 12.4. The van der Waals surface area contributed by atoms with E-state index in [1.807, 2.05) is 47.4 Å². The van der Waals surface area contributed by atoms with Crippen LogP contribution in [0.1, 0.15) is 16.9 Å². The van der Waals surface area contributed by atoms with E-state index in [-0.39, 0.29) is 31.4 Å². The van der Waals surface area contributed by atoms with Crippen molar-refractivity contribution in [2.75, 3.05) is 19.7 Å². The fourth-order valence-electron chi connectivity index (χ4n) is 3.55. The Morgan fingerprint density at radius 1 is 1.10 bits per heavy atom. The number of benzene rings is 2. The lowest BCUT2D eigenvalue weighted by Crippen LogP contribution is -2.38. The maximum absolute atomic E-state index is 12.4. The number of nitrogens with one attached hydrogen (secondary N) is 1. The number of hydrogen-bond acceptors (Lipinski definition) is 4. The summed E-state index contributed by atoms with van der Waals surface area (Å²) in [6.07, 6.45) is 1.18. The second-order valence-electron chi connectivity index (χ2n) is 7.33. The van der Waals surface area contributed by atoms with Crippen LogP contribution in [-0.2, 0) is 22.6 Å². The highest BCUT2D eigenvalue weighted by atomic mass is 35.5. The third-order valence-electron chi connectivity index (χ3n) is 5.22. The van der Waals surface area contributed by atoms with Gasteiger partial charge in [0.2, 0.25) is 5.91 Å². The standard InChI is InChI=1S/C24H23ClN2O3S/c25-20-14-18(17-4-2-1-3-5-17)6-7-21(20)30-16-23(28)26-11-8-24(29)27-12-9-22-19(15-27)10-13-31-22/h1-7,10,13-14H,8-9,11-12,15-16H2,(H,26,28). The van der Waals surface area contributed by atoms with Gasteiger partial charge in [0, 0.05) is 30.9 Å². The van der Waals surface area contributed by atoms with Gasteiger partial charge < -0.3 is 15.0 Å². The highest BCUT2D eigenvalue weighted by Crippen LogP contribution is 2.30. The van der Waals surface area contributed by atoms with Crippen molar-refractivity contribution in [1.29, 1.82) is 0 Å². The lowest BCUT2D eigenvalue weighted by Gasteiger charge is -2.27. The number of ether oxygens (including phenoxy) is 1. The third kappa shape index (κ3) is 5.46. The number of amides is 2. The summed E-state index contributed by atoms with van der Waals surface area (Å²) in [7, 11) is 0. The van der Waals surface area contributed by atoms with Crippen molar-refractivity contribution < 1.29 is 14.3 Å². The Bertz CT molecular complexity index is 1070. The van der Waals surface area contributed by atoms with E-state index in [2.05, 4.69) is 16.8 Å². The van der Waals surface area contributed by atoms with E-state index in [1.165, 1.54) is 10.4 Å². The zero-order chi connectivity index (χ0) is 21.6. The van der Waals surface area contributed by atoms with Crippen molar-refractivity contribution in [3.05, 3.63) is 75.4 Å². The van der Waals surface area contributed by atoms with Gasteiger partial charge in [-0.1, -0.05) is 48.0 Å². The molecule has 1 N–H and O–H groups in total. The van der Waals surface area contributed by atoms with Crippen LogP contribution in [-0.4, -0.2) is 36.4 Å². The van der Waals surface area contributed by atoms with Gasteiger partial charge in [0.1, 0.15) is 5.75 Å². The summed E-state index contributed by atoms with van der Waals surface area (Å²) >= 11 is 8.06. The molecule has 0 radical (unpaired) electrons. The normalized spacial score (nSPS) is 12.9. The summed E-state index contributed by atoms with van der Waals surface area (Å²) in [6, 6.07) is 17.5. The quantitative estimate of drug-likeness (QED) is 0.570. The van der Waals surface area contributed by atoms with E-state index >= 15 is 0 Å². The maximum Gasteiger partial charge on any atom is 0.257 e. The number of nitrogens with zero attached hydrogens (tertiary/aromatic N) is 1. The lowest BCUT2D eigenvalue weighted by atomic mass is 10.1. The average Bonchev–Trinajstić information content (AvgIpc) is 3.26. The van der Waals surface area contributed by atoms with Crippen LogP contribution in [0.15, 0.2) is 60.0 Å². The van der Waals surface area contributed by atoms with Crippen LogP contribution in [0.5, 0.6) is 5.75 Å². The smallest absolute Gasteiger partial charge is 0.257 e. The van der Waals surface area contributed by atoms with Crippen molar-refractivity contribution in [3.8, 4) is 16.9 Å². The van der Waals surface area contributed by atoms with E-state index in [0.717, 1.165) is 24.1 Å². The predicted octanol–water partition coefficient (Wildman–Crippen LogP) is 4.54. The van der Waals surface area contributed by atoms with Crippen LogP contribution in [0, 0.1) is 0 Å². The molecule has 4 rings (SSSR count). The molecule has 2 amide bonds. The molecule has 1 aromatic heterocycles. The molecule has 1 aliphatic rings. The zero-order valence-electron chi connectivity index (χ0n) is 17.0. The molecule has 31 heavy (non-hydrogen) atoms. The summed E-state index contributed by atoms with van der Waals surface area (Å²) in [5.74, 6) is 0.222. The fourth-order valence-corrected chi connectivity index (χ4v) is 4.68. The van der Waals surface area contributed by atoms with Crippen LogP contribution < -0.4 is 10.1 Å². The molecule has 0 spiro atoms. The molecule has 0 fully saturated rings. The summed E-state index contributed by atoms with van der Waals surface area (Å²) in [5, 5.41) is 5.26. The Labute approximate surface area is 190 Å². The van der Waals surface area contributed by atoms with Crippen LogP contribution in [0.3, 0.4) is 0 Å². The minimum Gasteiger partial charge on any atom is -0.482 e. The zero-order valence-corrected chi connectivity index (χ0v) is 18.5. The van der Waals surface area contributed by atoms with E-state index in [0.29, 0.717) is 17.3 Å². The average molecular weight is 455 g/mol. The molecule has 5 nitrogen and oxygen atoms in total. The van der Waals surface area contributed by atoms with Gasteiger partial charge in [0.25, 0.3) is 5.91 Å². The molecule has 1 aliphatic heterocycles. The first-order valence-electron chi connectivity index (χ1n) is 10.2. The highest BCUT2D eigenvalue weighted by molar-refractivity contribution is 7.10. The molecular formula is C24H23ClN2O3S. The lowest BCUT2D eigenvalue weighted by molar-refractivity contribution is -0.132. The first-order chi connectivity index (χ1) is 15.1. The number of hydrogen-bond donors (Lipinski definition) is 1. The molecule has 0 saturated carbocycles. The number of fused-ring (bicyclic) bond motifs is 1. The molecule has 0 bridgehead atoms. The van der Waals surface area contributed by atoms with Crippen LogP contribution in [0.25, 0.3) is 11.1 Å².